The molecule has 3 heterocycles. The fourth-order valence-corrected chi connectivity index (χ4v) is 4.89. The molecule has 0 spiro atoms. The lowest BCUT2D eigenvalue weighted by Crippen LogP contribution is -2.46. The smallest absolute Gasteiger partial charge is 0.143 e. The Bertz CT molecular complexity index is 944. The largest absolute Gasteiger partial charge is 0.379 e. The van der Waals surface area contributed by atoms with E-state index in [4.69, 9.17) is 4.74 Å². The summed E-state index contributed by atoms with van der Waals surface area (Å²) in [6.07, 6.45) is 6.49. The molecule has 0 atom stereocenters. The van der Waals surface area contributed by atoms with Crippen molar-refractivity contribution in [3.8, 4) is 0 Å². The fraction of sp³-hybridized carbons (Fsp3) is 0.500. The van der Waals surface area contributed by atoms with Gasteiger partial charge >= 0.3 is 0 Å². The van der Waals surface area contributed by atoms with E-state index < -0.39 is 0 Å². The summed E-state index contributed by atoms with van der Waals surface area (Å²) in [5, 5.41) is 5.96. The highest BCUT2D eigenvalue weighted by Gasteiger charge is 2.27. The van der Waals surface area contributed by atoms with Gasteiger partial charge in [0.25, 0.3) is 0 Å². The van der Waals surface area contributed by atoms with E-state index in [1.165, 1.54) is 25.7 Å². The van der Waals surface area contributed by atoms with Gasteiger partial charge in [-0.05, 0) is 43.9 Å². The minimum Gasteiger partial charge on any atom is -0.379 e. The Morgan fingerprint density at radius 3 is 2.74 bits per heavy atom. The number of hydrogen-bond donors (Lipinski definition) is 2. The van der Waals surface area contributed by atoms with Crippen molar-refractivity contribution in [2.45, 2.75) is 37.8 Å². The molecule has 2 aliphatic rings. The normalized spacial score (nSPS) is 24.5. The van der Waals surface area contributed by atoms with Gasteiger partial charge in [0.1, 0.15) is 17.8 Å². The van der Waals surface area contributed by atoms with E-state index >= 15 is 0 Å². The topological polar surface area (TPSA) is 66.1 Å². The van der Waals surface area contributed by atoms with Gasteiger partial charge < -0.3 is 15.0 Å². The van der Waals surface area contributed by atoms with Crippen molar-refractivity contribution in [2.24, 2.45) is 0 Å². The molecular weight excluding hydrogens is 406 g/mol. The molecule has 3 aromatic rings. The second-order valence-electron chi connectivity index (χ2n) is 7.56. The summed E-state index contributed by atoms with van der Waals surface area (Å²) in [5.41, 5.74) is 1.98. The second-order valence-corrected chi connectivity index (χ2v) is 8.47. The Hall–Kier alpha value is -1.70. The summed E-state index contributed by atoms with van der Waals surface area (Å²) in [7, 11) is 0. The van der Waals surface area contributed by atoms with Crippen LogP contribution in [-0.2, 0) is 4.74 Å². The van der Waals surface area contributed by atoms with Crippen LogP contribution in [0.5, 0.6) is 0 Å². The van der Waals surface area contributed by atoms with Gasteiger partial charge in [-0.25, -0.2) is 9.97 Å². The number of ether oxygens (including phenoxy) is 1. The van der Waals surface area contributed by atoms with E-state index in [9.17, 15) is 0 Å². The minimum absolute atomic E-state index is 0.470. The molecule has 1 aliphatic carbocycles. The monoisotopic (exact) mass is 429 g/mol. The standard InChI is InChI=1S/C20H24BrN5O/c21-13-1-6-17-16(11-13)18-19(22-12-23-20(18)25-17)24-14-2-4-15(5-3-14)26-7-9-27-10-8-26/h1,6,11-12,14-15H,2-5,7-10H2,(H2,22,23,24,25). The number of aromatic nitrogens is 3. The Kier molecular flexibility index (Phi) is 4.75. The maximum Gasteiger partial charge on any atom is 0.143 e. The summed E-state index contributed by atoms with van der Waals surface area (Å²) in [4.78, 5) is 15.0. The maximum absolute atomic E-state index is 5.49. The van der Waals surface area contributed by atoms with Crippen LogP contribution in [-0.4, -0.2) is 58.2 Å². The molecule has 6 nitrogen and oxygen atoms in total. The van der Waals surface area contributed by atoms with Gasteiger partial charge in [-0.1, -0.05) is 15.9 Å². The molecule has 142 valence electrons. The van der Waals surface area contributed by atoms with Crippen LogP contribution >= 0.6 is 15.9 Å². The molecule has 0 bridgehead atoms. The van der Waals surface area contributed by atoms with Crippen LogP contribution in [0.1, 0.15) is 25.7 Å². The van der Waals surface area contributed by atoms with Crippen molar-refractivity contribution >= 4 is 43.7 Å². The van der Waals surface area contributed by atoms with Gasteiger partial charge in [-0.15, -0.1) is 0 Å². The molecule has 0 unspecified atom stereocenters. The molecule has 2 N–H and O–H groups in total. The number of aromatic amines is 1. The van der Waals surface area contributed by atoms with Gasteiger partial charge in [0, 0.05) is 40.5 Å². The zero-order valence-electron chi connectivity index (χ0n) is 15.2. The first kappa shape index (κ1) is 17.4. The van der Waals surface area contributed by atoms with Gasteiger partial charge in [0.05, 0.1) is 18.6 Å². The second kappa shape index (κ2) is 7.37. The van der Waals surface area contributed by atoms with Crippen molar-refractivity contribution < 1.29 is 4.74 Å². The van der Waals surface area contributed by atoms with E-state index in [1.807, 2.05) is 6.07 Å². The number of anilines is 1. The van der Waals surface area contributed by atoms with Crippen molar-refractivity contribution in [3.05, 3.63) is 29.0 Å². The number of fused-ring (bicyclic) bond motifs is 3. The summed E-state index contributed by atoms with van der Waals surface area (Å²) in [6, 6.07) is 7.45. The number of H-pyrrole nitrogens is 1. The lowest BCUT2D eigenvalue weighted by atomic mass is 9.90. The summed E-state index contributed by atoms with van der Waals surface area (Å²) < 4.78 is 6.56. The van der Waals surface area contributed by atoms with Crippen LogP contribution in [0.3, 0.4) is 0 Å². The SMILES string of the molecule is Brc1ccc2[nH]c3ncnc(NC4CCC(N5CCOCC5)CC4)c3c2c1. The number of rotatable bonds is 3. The van der Waals surface area contributed by atoms with Crippen LogP contribution in [0.25, 0.3) is 21.9 Å². The zero-order valence-corrected chi connectivity index (χ0v) is 16.8. The van der Waals surface area contributed by atoms with Gasteiger partial charge in [-0.3, -0.25) is 4.90 Å². The number of morpholine rings is 1. The Balaban J connectivity index is 1.34. The van der Waals surface area contributed by atoms with Crippen LogP contribution in [0, 0.1) is 0 Å². The van der Waals surface area contributed by atoms with Gasteiger partial charge in [0.2, 0.25) is 0 Å². The number of hydrogen-bond acceptors (Lipinski definition) is 5. The first-order chi connectivity index (χ1) is 13.3. The number of nitrogens with one attached hydrogen (secondary N) is 2. The highest BCUT2D eigenvalue weighted by molar-refractivity contribution is 9.10. The Morgan fingerprint density at radius 1 is 1.11 bits per heavy atom. The molecule has 2 fully saturated rings. The van der Waals surface area contributed by atoms with E-state index in [1.54, 1.807) is 6.33 Å². The highest BCUT2D eigenvalue weighted by Crippen LogP contribution is 2.33. The molecule has 5 rings (SSSR count). The Morgan fingerprint density at radius 2 is 1.93 bits per heavy atom. The lowest BCUT2D eigenvalue weighted by molar-refractivity contribution is 0.00791. The van der Waals surface area contributed by atoms with Crippen molar-refractivity contribution in [3.63, 3.8) is 0 Å². The van der Waals surface area contributed by atoms with E-state index in [-0.39, 0.29) is 0 Å². The predicted molar refractivity (Wildman–Crippen MR) is 111 cm³/mol. The fourth-order valence-electron chi connectivity index (χ4n) is 4.53. The zero-order chi connectivity index (χ0) is 18.2. The number of halogens is 1. The summed E-state index contributed by atoms with van der Waals surface area (Å²) in [5.74, 6) is 0.944. The number of nitrogens with zero attached hydrogens (tertiary/aromatic N) is 3. The van der Waals surface area contributed by atoms with Gasteiger partial charge in [0.15, 0.2) is 0 Å². The van der Waals surface area contributed by atoms with Crippen molar-refractivity contribution in [2.75, 3.05) is 31.6 Å². The van der Waals surface area contributed by atoms with E-state index in [0.29, 0.717) is 12.1 Å². The minimum atomic E-state index is 0.470. The molecule has 0 radical (unpaired) electrons. The van der Waals surface area contributed by atoms with Crippen molar-refractivity contribution in [1.29, 1.82) is 0 Å². The molecule has 0 amide bonds. The molecule has 1 saturated carbocycles. The average Bonchev–Trinajstić information content (AvgIpc) is 3.08. The molecule has 1 aromatic carbocycles. The molecule has 2 aromatic heterocycles. The highest BCUT2D eigenvalue weighted by atomic mass is 79.9. The third-order valence-corrected chi connectivity index (χ3v) is 6.44. The van der Waals surface area contributed by atoms with Crippen LogP contribution in [0.2, 0.25) is 0 Å². The number of benzene rings is 1. The van der Waals surface area contributed by atoms with Crippen LogP contribution < -0.4 is 5.32 Å². The lowest BCUT2D eigenvalue weighted by Gasteiger charge is -2.39. The first-order valence-corrected chi connectivity index (χ1v) is 10.6. The molecule has 27 heavy (non-hydrogen) atoms. The van der Waals surface area contributed by atoms with E-state index in [0.717, 1.165) is 58.5 Å². The predicted octanol–water partition coefficient (Wildman–Crippen LogP) is 3.93. The molecule has 1 saturated heterocycles. The third kappa shape index (κ3) is 3.44. The third-order valence-electron chi connectivity index (χ3n) is 5.95. The molecule has 7 heteroatoms. The maximum atomic E-state index is 5.49. The Labute approximate surface area is 166 Å². The van der Waals surface area contributed by atoms with Crippen LogP contribution in [0.15, 0.2) is 29.0 Å². The quantitative estimate of drug-likeness (QED) is 0.659. The summed E-state index contributed by atoms with van der Waals surface area (Å²) >= 11 is 3.58. The molecular formula is C20H24BrN5O. The summed E-state index contributed by atoms with van der Waals surface area (Å²) in [6.45, 7) is 3.93. The van der Waals surface area contributed by atoms with Gasteiger partial charge in [-0.2, -0.15) is 0 Å². The van der Waals surface area contributed by atoms with Crippen LogP contribution in [0.4, 0.5) is 5.82 Å². The first-order valence-electron chi connectivity index (χ1n) is 9.78. The van der Waals surface area contributed by atoms with Crippen molar-refractivity contribution in [1.82, 2.24) is 19.9 Å². The molecule has 1 aliphatic heterocycles. The van der Waals surface area contributed by atoms with E-state index in [2.05, 4.69) is 53.2 Å². The average molecular weight is 430 g/mol.